The van der Waals surface area contributed by atoms with Crippen molar-refractivity contribution in [1.29, 1.82) is 0 Å². The van der Waals surface area contributed by atoms with Crippen LogP contribution in [0.2, 0.25) is 5.02 Å². The topological polar surface area (TPSA) is 95.9 Å². The highest BCUT2D eigenvalue weighted by Gasteiger charge is 2.45. The molecule has 0 saturated heterocycles. The summed E-state index contributed by atoms with van der Waals surface area (Å²) in [5, 5.41) is 12.0. The highest BCUT2D eigenvalue weighted by molar-refractivity contribution is 7.90. The fourth-order valence-electron chi connectivity index (χ4n) is 7.41. The van der Waals surface area contributed by atoms with Crippen LogP contribution in [0, 0.1) is 17.8 Å². The molecule has 2 bridgehead atoms. The predicted molar refractivity (Wildman–Crippen MR) is 157 cm³/mol. The number of fused-ring (bicyclic) bond motifs is 4. The Morgan fingerprint density at radius 2 is 1.95 bits per heavy atom. The number of aliphatic hydroxyl groups is 1. The van der Waals surface area contributed by atoms with E-state index in [1.807, 2.05) is 6.07 Å². The molecule has 5 atom stereocenters. The molecule has 2 aromatic carbocycles. The van der Waals surface area contributed by atoms with Crippen LogP contribution in [0.5, 0.6) is 5.75 Å². The first-order valence-corrected chi connectivity index (χ1v) is 16.7. The molecule has 6 rings (SSSR count). The average molecular weight is 587 g/mol. The van der Waals surface area contributed by atoms with Gasteiger partial charge in [0.2, 0.25) is 10.0 Å². The largest absolute Gasteiger partial charge is 0.490 e. The second-order valence-corrected chi connectivity index (χ2v) is 14.8. The molecule has 2 aromatic rings. The molecule has 216 valence electrons. The first kappa shape index (κ1) is 27.9. The van der Waals surface area contributed by atoms with Crippen LogP contribution in [-0.4, -0.2) is 51.0 Å². The minimum absolute atomic E-state index is 0.0886. The van der Waals surface area contributed by atoms with Gasteiger partial charge in [-0.15, -0.1) is 0 Å². The zero-order valence-corrected chi connectivity index (χ0v) is 24.6. The number of nitrogens with zero attached hydrogens (tertiary/aromatic N) is 1. The standard InChI is InChI=1S/C31H39ClN2O5S/c1-20-5-2-3-14-40(37,38)33-30(36)22-8-12-28-27(16-22)34(17-23-7-10-25(23)29(20)35)18-31(19-39-28)13-4-6-21-15-24(32)9-11-26(21)31/h8-9,11-12,15-16,20,23,25,29,35H,2-7,10,13-14,17-19H2,1H3,(H,33,36)/t20-,23-,25+,29-,31-/m0/s1. The number of hydrogen-bond acceptors (Lipinski definition) is 6. The molecule has 1 saturated carbocycles. The first-order chi connectivity index (χ1) is 19.1. The van der Waals surface area contributed by atoms with E-state index in [1.54, 1.807) is 18.2 Å². The Balaban J connectivity index is 1.41. The molecule has 2 heterocycles. The van der Waals surface area contributed by atoms with Gasteiger partial charge in [0.05, 0.1) is 24.2 Å². The van der Waals surface area contributed by atoms with Crippen LogP contribution in [0.3, 0.4) is 0 Å². The van der Waals surface area contributed by atoms with Crippen molar-refractivity contribution in [3.8, 4) is 5.75 Å². The second kappa shape index (κ2) is 10.8. The number of hydrogen-bond donors (Lipinski definition) is 2. The minimum atomic E-state index is -3.77. The minimum Gasteiger partial charge on any atom is -0.490 e. The third-order valence-corrected chi connectivity index (χ3v) is 11.4. The molecule has 2 aliphatic heterocycles. The van der Waals surface area contributed by atoms with Crippen molar-refractivity contribution in [2.75, 3.05) is 30.3 Å². The molecule has 7 nitrogen and oxygen atoms in total. The summed E-state index contributed by atoms with van der Waals surface area (Å²) in [5.41, 5.74) is 3.40. The number of benzene rings is 2. The Hall–Kier alpha value is -2.29. The lowest BCUT2D eigenvalue weighted by molar-refractivity contribution is -0.0198. The van der Waals surface area contributed by atoms with E-state index >= 15 is 0 Å². The van der Waals surface area contributed by atoms with Crippen molar-refractivity contribution < 1.29 is 23.1 Å². The molecule has 0 aromatic heterocycles. The van der Waals surface area contributed by atoms with Crippen molar-refractivity contribution in [3.63, 3.8) is 0 Å². The highest BCUT2D eigenvalue weighted by Crippen LogP contribution is 2.47. The van der Waals surface area contributed by atoms with E-state index in [0.29, 0.717) is 43.2 Å². The Morgan fingerprint density at radius 3 is 2.75 bits per heavy atom. The first-order valence-electron chi connectivity index (χ1n) is 14.7. The zero-order valence-electron chi connectivity index (χ0n) is 23.1. The molecular weight excluding hydrogens is 548 g/mol. The van der Waals surface area contributed by atoms with Gasteiger partial charge in [-0.3, -0.25) is 4.79 Å². The second-order valence-electron chi connectivity index (χ2n) is 12.5. The van der Waals surface area contributed by atoms with Crippen LogP contribution in [0.25, 0.3) is 0 Å². The number of nitrogens with one attached hydrogen (secondary N) is 1. The van der Waals surface area contributed by atoms with Gasteiger partial charge in [-0.2, -0.15) is 0 Å². The summed E-state index contributed by atoms with van der Waals surface area (Å²) < 4.78 is 34.2. The van der Waals surface area contributed by atoms with E-state index in [0.717, 1.165) is 55.8 Å². The predicted octanol–water partition coefficient (Wildman–Crippen LogP) is 5.08. The van der Waals surface area contributed by atoms with Gasteiger partial charge in [0.15, 0.2) is 0 Å². The van der Waals surface area contributed by atoms with Gasteiger partial charge >= 0.3 is 0 Å². The number of carbonyl (C=O) groups excluding carboxylic acids is 1. The Bertz CT molecular complexity index is 1400. The summed E-state index contributed by atoms with van der Waals surface area (Å²) >= 11 is 6.38. The molecule has 1 amide bonds. The lowest BCUT2D eigenvalue weighted by atomic mass is 9.66. The monoisotopic (exact) mass is 586 g/mol. The summed E-state index contributed by atoms with van der Waals surface area (Å²) in [6, 6.07) is 11.4. The van der Waals surface area contributed by atoms with Crippen LogP contribution >= 0.6 is 11.6 Å². The van der Waals surface area contributed by atoms with Gasteiger partial charge in [0.25, 0.3) is 5.91 Å². The number of aliphatic hydroxyl groups excluding tert-OH is 1. The lowest BCUT2D eigenvalue weighted by Crippen LogP contribution is -2.50. The third kappa shape index (κ3) is 5.35. The smallest absolute Gasteiger partial charge is 0.264 e. The maximum absolute atomic E-state index is 13.1. The molecule has 1 spiro atoms. The van der Waals surface area contributed by atoms with Crippen molar-refractivity contribution in [2.24, 2.45) is 17.8 Å². The van der Waals surface area contributed by atoms with E-state index in [-0.39, 0.29) is 23.0 Å². The van der Waals surface area contributed by atoms with Crippen molar-refractivity contribution in [2.45, 2.75) is 69.8 Å². The Labute approximate surface area is 242 Å². The summed E-state index contributed by atoms with van der Waals surface area (Å²) in [6.07, 6.45) is 6.54. The third-order valence-electron chi connectivity index (χ3n) is 9.82. The Morgan fingerprint density at radius 1 is 1.10 bits per heavy atom. The zero-order chi connectivity index (χ0) is 28.1. The van der Waals surface area contributed by atoms with E-state index in [9.17, 15) is 18.3 Å². The highest BCUT2D eigenvalue weighted by atomic mass is 35.5. The van der Waals surface area contributed by atoms with Gasteiger partial charge in [-0.05, 0) is 104 Å². The van der Waals surface area contributed by atoms with Crippen molar-refractivity contribution >= 4 is 33.2 Å². The van der Waals surface area contributed by atoms with Crippen molar-refractivity contribution in [3.05, 3.63) is 58.1 Å². The van der Waals surface area contributed by atoms with Crippen LogP contribution in [0.4, 0.5) is 5.69 Å². The van der Waals surface area contributed by atoms with Gasteiger partial charge in [0.1, 0.15) is 5.75 Å². The molecule has 40 heavy (non-hydrogen) atoms. The number of sulfonamides is 1. The Kier molecular flexibility index (Phi) is 7.55. The SMILES string of the molecule is C[C@H]1CCCCS(=O)(=O)NC(=O)c2ccc3c(c2)N(C[C@@H]2CC[C@H]2[C@H]1O)C[C@@]1(CCCc2cc(Cl)ccc21)CO3. The van der Waals surface area contributed by atoms with Gasteiger partial charge in [-0.25, -0.2) is 13.1 Å². The van der Waals surface area contributed by atoms with Crippen molar-refractivity contribution in [1.82, 2.24) is 4.72 Å². The fraction of sp³-hybridized carbons (Fsp3) is 0.581. The fourth-order valence-corrected chi connectivity index (χ4v) is 8.69. The summed E-state index contributed by atoms with van der Waals surface area (Å²) in [7, 11) is -3.77. The van der Waals surface area contributed by atoms with Gasteiger partial charge in [0, 0.05) is 29.1 Å². The summed E-state index contributed by atoms with van der Waals surface area (Å²) in [4.78, 5) is 15.5. The number of halogens is 1. The number of aryl methyl sites for hydroxylation is 1. The molecule has 9 heteroatoms. The van der Waals surface area contributed by atoms with Crippen LogP contribution in [0.1, 0.15) is 73.4 Å². The lowest BCUT2D eigenvalue weighted by Gasteiger charge is -2.46. The number of carbonyl (C=O) groups is 1. The molecule has 0 unspecified atom stereocenters. The van der Waals surface area contributed by atoms with E-state index in [1.165, 1.54) is 11.1 Å². The van der Waals surface area contributed by atoms with E-state index in [4.69, 9.17) is 16.3 Å². The quantitative estimate of drug-likeness (QED) is 0.447. The molecule has 2 aliphatic carbocycles. The van der Waals surface area contributed by atoms with E-state index < -0.39 is 22.0 Å². The molecule has 0 radical (unpaired) electrons. The molecule has 2 N–H and O–H groups in total. The number of rotatable bonds is 0. The maximum atomic E-state index is 13.1. The molecule has 1 fully saturated rings. The maximum Gasteiger partial charge on any atom is 0.264 e. The van der Waals surface area contributed by atoms with Gasteiger partial charge in [-0.1, -0.05) is 31.0 Å². The number of ether oxygens (including phenoxy) is 1. The number of anilines is 1. The molecular formula is C31H39ClN2O5S. The van der Waals surface area contributed by atoms with Crippen LogP contribution in [-0.2, 0) is 21.9 Å². The summed E-state index contributed by atoms with van der Waals surface area (Å²) in [5.74, 6) is 0.601. The van der Waals surface area contributed by atoms with Gasteiger partial charge < -0.3 is 14.7 Å². The molecule has 4 aliphatic rings. The normalized spacial score (nSPS) is 32.1. The average Bonchev–Trinajstić information content (AvgIpc) is 3.05. The van der Waals surface area contributed by atoms with Crippen LogP contribution < -0.4 is 14.4 Å². The van der Waals surface area contributed by atoms with Crippen LogP contribution in [0.15, 0.2) is 36.4 Å². The number of amides is 1. The van der Waals surface area contributed by atoms with E-state index in [2.05, 4.69) is 28.7 Å². The summed E-state index contributed by atoms with van der Waals surface area (Å²) in [6.45, 7) is 4.05.